The largest absolute Gasteiger partial charge is 0.488 e. The van der Waals surface area contributed by atoms with Gasteiger partial charge in [-0.2, -0.15) is 0 Å². The highest BCUT2D eigenvalue weighted by molar-refractivity contribution is 6.59. The van der Waals surface area contributed by atoms with Gasteiger partial charge in [0.15, 0.2) is 0 Å². The van der Waals surface area contributed by atoms with Gasteiger partial charge in [-0.3, -0.25) is 0 Å². The molecule has 0 spiro atoms. The molecule has 0 atom stereocenters. The average molecular weight is 412 g/mol. The maximum absolute atomic E-state index is 10.5. The van der Waals surface area contributed by atoms with E-state index in [0.29, 0.717) is 5.46 Å². The summed E-state index contributed by atoms with van der Waals surface area (Å²) in [4.78, 5) is 0. The Morgan fingerprint density at radius 3 is 1.84 bits per heavy atom. The van der Waals surface area contributed by atoms with Gasteiger partial charge >= 0.3 is 7.12 Å². The summed E-state index contributed by atoms with van der Waals surface area (Å²) in [5, 5.41) is 23.3. The molecule has 3 heteroatoms. The van der Waals surface area contributed by atoms with Crippen molar-refractivity contribution in [3.8, 4) is 11.1 Å². The molecule has 0 radical (unpaired) electrons. The Kier molecular flexibility index (Phi) is 4.29. The van der Waals surface area contributed by atoms with Gasteiger partial charge in [0.25, 0.3) is 0 Å². The monoisotopic (exact) mass is 412 g/mol. The van der Waals surface area contributed by atoms with Gasteiger partial charge in [0.2, 0.25) is 0 Å². The van der Waals surface area contributed by atoms with Crippen LogP contribution in [-0.2, 0) is 5.41 Å². The molecule has 2 nitrogen and oxygen atoms in total. The molecule has 5 aromatic rings. The summed E-state index contributed by atoms with van der Waals surface area (Å²) in [6.07, 6.45) is 0. The van der Waals surface area contributed by atoms with Crippen molar-refractivity contribution < 1.29 is 10.0 Å². The highest BCUT2D eigenvalue weighted by Crippen LogP contribution is 2.57. The van der Waals surface area contributed by atoms with Crippen molar-refractivity contribution in [1.82, 2.24) is 0 Å². The van der Waals surface area contributed by atoms with Crippen LogP contribution in [0.4, 0.5) is 0 Å². The van der Waals surface area contributed by atoms with Gasteiger partial charge in [-0.1, -0.05) is 115 Å². The van der Waals surface area contributed by atoms with Crippen molar-refractivity contribution in [2.75, 3.05) is 0 Å². The van der Waals surface area contributed by atoms with Crippen LogP contribution in [0.5, 0.6) is 0 Å². The molecule has 2 N–H and O–H groups in total. The maximum atomic E-state index is 10.5. The average Bonchev–Trinajstić information content (AvgIpc) is 3.17. The Balaban J connectivity index is 1.88. The molecule has 0 saturated carbocycles. The summed E-state index contributed by atoms with van der Waals surface area (Å²) < 4.78 is 0. The molecule has 0 fully saturated rings. The summed E-state index contributed by atoms with van der Waals surface area (Å²) in [5.41, 5.74) is 6.41. The third-order valence-corrected chi connectivity index (χ3v) is 6.77. The third-order valence-electron chi connectivity index (χ3n) is 6.77. The molecular formula is C29H21BO2. The second kappa shape index (κ2) is 7.20. The van der Waals surface area contributed by atoms with Crippen LogP contribution in [0.1, 0.15) is 22.3 Å². The number of benzene rings is 5. The van der Waals surface area contributed by atoms with Crippen LogP contribution in [0.2, 0.25) is 0 Å². The Hall–Kier alpha value is -3.66. The normalized spacial score (nSPS) is 13.6. The quantitative estimate of drug-likeness (QED) is 0.407. The molecule has 1 aliphatic rings. The van der Waals surface area contributed by atoms with Crippen molar-refractivity contribution in [2.24, 2.45) is 0 Å². The zero-order valence-electron chi connectivity index (χ0n) is 17.4. The Morgan fingerprint density at radius 1 is 0.562 bits per heavy atom. The van der Waals surface area contributed by atoms with Crippen LogP contribution in [0.25, 0.3) is 21.9 Å². The molecule has 0 aliphatic heterocycles. The summed E-state index contributed by atoms with van der Waals surface area (Å²) in [7, 11) is -1.57. The first kappa shape index (κ1) is 19.1. The molecule has 0 aromatic heterocycles. The van der Waals surface area contributed by atoms with Gasteiger partial charge < -0.3 is 10.0 Å². The minimum Gasteiger partial charge on any atom is -0.423 e. The van der Waals surface area contributed by atoms with Gasteiger partial charge in [0.1, 0.15) is 0 Å². The zero-order chi connectivity index (χ0) is 21.7. The minimum atomic E-state index is -1.57. The highest BCUT2D eigenvalue weighted by Gasteiger charge is 2.48. The van der Waals surface area contributed by atoms with Gasteiger partial charge in [0.05, 0.1) is 5.41 Å². The lowest BCUT2D eigenvalue weighted by molar-refractivity contribution is 0.425. The van der Waals surface area contributed by atoms with Gasteiger partial charge in [-0.25, -0.2) is 0 Å². The molecule has 152 valence electrons. The summed E-state index contributed by atoms with van der Waals surface area (Å²) in [6, 6.07) is 39.5. The standard InChI is InChI=1S/C29H21BO2/c31-30(32)26-17-9-16-24-27-23-15-8-7-10-20(23)18-19-25(27)29(28(24)26,21-11-3-1-4-12-21)22-13-5-2-6-14-22/h1-19,31-32H. The van der Waals surface area contributed by atoms with Crippen LogP contribution in [0, 0.1) is 0 Å². The molecule has 6 rings (SSSR count). The fraction of sp³-hybridized carbons (Fsp3) is 0.0345. The van der Waals surface area contributed by atoms with E-state index in [1.807, 2.05) is 24.3 Å². The van der Waals surface area contributed by atoms with Crippen LogP contribution in [-0.4, -0.2) is 17.2 Å². The first-order valence-electron chi connectivity index (χ1n) is 10.9. The predicted molar refractivity (Wildman–Crippen MR) is 131 cm³/mol. The van der Waals surface area contributed by atoms with Gasteiger partial charge in [-0.15, -0.1) is 0 Å². The van der Waals surface area contributed by atoms with E-state index in [-0.39, 0.29) is 0 Å². The fourth-order valence-electron chi connectivity index (χ4n) is 5.56. The summed E-state index contributed by atoms with van der Waals surface area (Å²) >= 11 is 0. The van der Waals surface area contributed by atoms with Crippen molar-refractivity contribution >= 4 is 23.4 Å². The fourth-order valence-corrected chi connectivity index (χ4v) is 5.56. The van der Waals surface area contributed by atoms with Crippen LogP contribution in [0.3, 0.4) is 0 Å². The molecule has 32 heavy (non-hydrogen) atoms. The van der Waals surface area contributed by atoms with E-state index in [2.05, 4.69) is 91.0 Å². The topological polar surface area (TPSA) is 40.5 Å². The van der Waals surface area contributed by atoms with E-state index in [1.165, 1.54) is 10.8 Å². The molecule has 0 unspecified atom stereocenters. The van der Waals surface area contributed by atoms with E-state index in [9.17, 15) is 10.0 Å². The van der Waals surface area contributed by atoms with E-state index in [4.69, 9.17) is 0 Å². The molecule has 5 aromatic carbocycles. The first-order valence-corrected chi connectivity index (χ1v) is 10.9. The third kappa shape index (κ3) is 2.50. The smallest absolute Gasteiger partial charge is 0.423 e. The molecule has 1 aliphatic carbocycles. The molecule has 0 bridgehead atoms. The lowest BCUT2D eigenvalue weighted by Crippen LogP contribution is -2.41. The van der Waals surface area contributed by atoms with Crippen LogP contribution < -0.4 is 5.46 Å². The lowest BCUT2D eigenvalue weighted by Gasteiger charge is -2.35. The summed E-state index contributed by atoms with van der Waals surface area (Å²) in [6.45, 7) is 0. The van der Waals surface area contributed by atoms with Crippen molar-refractivity contribution in [1.29, 1.82) is 0 Å². The van der Waals surface area contributed by atoms with Crippen molar-refractivity contribution in [3.63, 3.8) is 0 Å². The maximum Gasteiger partial charge on any atom is 0.488 e. The lowest BCUT2D eigenvalue weighted by atomic mass is 9.62. The SMILES string of the molecule is OB(O)c1cccc2c1C(c1ccccc1)(c1ccccc1)c1ccc3ccccc3c1-2. The van der Waals surface area contributed by atoms with Gasteiger partial charge in [0, 0.05) is 0 Å². The van der Waals surface area contributed by atoms with Crippen LogP contribution in [0.15, 0.2) is 115 Å². The zero-order valence-corrected chi connectivity index (χ0v) is 17.4. The molecular weight excluding hydrogens is 391 g/mol. The van der Waals surface area contributed by atoms with E-state index < -0.39 is 12.5 Å². The Bertz CT molecular complexity index is 1400. The molecule has 0 saturated heterocycles. The second-order valence-corrected chi connectivity index (χ2v) is 8.33. The minimum absolute atomic E-state index is 0.537. The number of fused-ring (bicyclic) bond motifs is 5. The Morgan fingerprint density at radius 2 is 1.19 bits per heavy atom. The van der Waals surface area contributed by atoms with Gasteiger partial charge in [-0.05, 0) is 49.6 Å². The van der Waals surface area contributed by atoms with Crippen molar-refractivity contribution in [3.05, 3.63) is 138 Å². The van der Waals surface area contributed by atoms with E-state index >= 15 is 0 Å². The number of rotatable bonds is 3. The van der Waals surface area contributed by atoms with E-state index in [1.54, 1.807) is 0 Å². The molecule has 0 amide bonds. The van der Waals surface area contributed by atoms with E-state index in [0.717, 1.165) is 33.4 Å². The first-order chi connectivity index (χ1) is 15.7. The van der Waals surface area contributed by atoms with Crippen molar-refractivity contribution in [2.45, 2.75) is 5.41 Å². The predicted octanol–water partition coefficient (Wildman–Crippen LogP) is 4.88. The number of hydrogen-bond acceptors (Lipinski definition) is 2. The second-order valence-electron chi connectivity index (χ2n) is 8.33. The Labute approximate surface area is 187 Å². The summed E-state index contributed by atoms with van der Waals surface area (Å²) in [5.74, 6) is 0. The number of hydrogen-bond donors (Lipinski definition) is 2. The highest BCUT2D eigenvalue weighted by atomic mass is 16.4. The molecule has 0 heterocycles. The van der Waals surface area contributed by atoms with Crippen LogP contribution >= 0.6 is 0 Å².